The van der Waals surface area contributed by atoms with Crippen LogP contribution in [0, 0.1) is 11.8 Å². The molecule has 2 N–H and O–H groups in total. The van der Waals surface area contributed by atoms with Crippen LogP contribution in [0.4, 0.5) is 0 Å². The standard InChI is InChI=1S/C13H18N2O2/c1-2-9-12(16)14-11(15-13(9)17)10-6-7-3-4-8(10)5-7/h7-8,10H,2-6H2,1H3,(H2,14,15,16,17). The van der Waals surface area contributed by atoms with E-state index in [9.17, 15) is 9.90 Å². The Morgan fingerprint density at radius 2 is 2.24 bits per heavy atom. The fourth-order valence-corrected chi connectivity index (χ4v) is 3.58. The SMILES string of the molecule is CCc1c(O)nc(C2CC3CCC2C3)[nH]c1=O. The summed E-state index contributed by atoms with van der Waals surface area (Å²) in [7, 11) is 0. The van der Waals surface area contributed by atoms with Crippen molar-refractivity contribution in [2.45, 2.75) is 44.9 Å². The third-order valence-electron chi connectivity index (χ3n) is 4.45. The van der Waals surface area contributed by atoms with E-state index in [0.29, 0.717) is 29.6 Å². The first-order valence-electron chi connectivity index (χ1n) is 6.51. The fraction of sp³-hybridized carbons (Fsp3) is 0.692. The second-order valence-electron chi connectivity index (χ2n) is 5.39. The molecule has 1 aromatic rings. The maximum absolute atomic E-state index is 11.8. The molecule has 2 bridgehead atoms. The molecule has 2 aliphatic rings. The van der Waals surface area contributed by atoms with Crippen LogP contribution < -0.4 is 5.56 Å². The highest BCUT2D eigenvalue weighted by molar-refractivity contribution is 5.24. The van der Waals surface area contributed by atoms with Crippen LogP contribution in [0.5, 0.6) is 5.88 Å². The maximum Gasteiger partial charge on any atom is 0.257 e. The molecule has 92 valence electrons. The highest BCUT2D eigenvalue weighted by Gasteiger charge is 2.41. The molecule has 1 aromatic heterocycles. The van der Waals surface area contributed by atoms with Gasteiger partial charge in [-0.25, -0.2) is 0 Å². The largest absolute Gasteiger partial charge is 0.493 e. The van der Waals surface area contributed by atoms with Crippen LogP contribution in [0.1, 0.15) is 49.9 Å². The van der Waals surface area contributed by atoms with Crippen molar-refractivity contribution >= 4 is 0 Å². The lowest BCUT2D eigenvalue weighted by Crippen LogP contribution is -2.20. The summed E-state index contributed by atoms with van der Waals surface area (Å²) in [6.45, 7) is 1.85. The zero-order chi connectivity index (χ0) is 12.0. The van der Waals surface area contributed by atoms with E-state index in [1.807, 2.05) is 6.92 Å². The third kappa shape index (κ3) is 1.66. The molecular weight excluding hydrogens is 216 g/mol. The van der Waals surface area contributed by atoms with Crippen LogP contribution in [-0.4, -0.2) is 15.1 Å². The molecule has 17 heavy (non-hydrogen) atoms. The van der Waals surface area contributed by atoms with Gasteiger partial charge in [-0.3, -0.25) is 4.79 Å². The van der Waals surface area contributed by atoms with Crippen molar-refractivity contribution in [1.82, 2.24) is 9.97 Å². The van der Waals surface area contributed by atoms with Gasteiger partial charge in [-0.2, -0.15) is 4.98 Å². The molecule has 0 amide bonds. The van der Waals surface area contributed by atoms with E-state index in [1.165, 1.54) is 19.3 Å². The molecule has 4 heteroatoms. The van der Waals surface area contributed by atoms with Crippen molar-refractivity contribution in [3.63, 3.8) is 0 Å². The van der Waals surface area contributed by atoms with Crippen molar-refractivity contribution in [1.29, 1.82) is 0 Å². The van der Waals surface area contributed by atoms with E-state index in [4.69, 9.17) is 0 Å². The van der Waals surface area contributed by atoms with Crippen LogP contribution in [0.3, 0.4) is 0 Å². The molecule has 2 fully saturated rings. The number of nitrogens with one attached hydrogen (secondary N) is 1. The third-order valence-corrected chi connectivity index (χ3v) is 4.45. The van der Waals surface area contributed by atoms with E-state index in [1.54, 1.807) is 0 Å². The summed E-state index contributed by atoms with van der Waals surface area (Å²) >= 11 is 0. The molecule has 4 nitrogen and oxygen atoms in total. The van der Waals surface area contributed by atoms with Gasteiger partial charge < -0.3 is 10.1 Å². The summed E-state index contributed by atoms with van der Waals surface area (Å²) in [5.74, 6) is 2.46. The summed E-state index contributed by atoms with van der Waals surface area (Å²) in [6, 6.07) is 0. The molecule has 0 aromatic carbocycles. The van der Waals surface area contributed by atoms with E-state index in [0.717, 1.165) is 12.3 Å². The minimum atomic E-state index is -0.169. The lowest BCUT2D eigenvalue weighted by Gasteiger charge is -2.20. The van der Waals surface area contributed by atoms with Gasteiger partial charge in [0, 0.05) is 5.92 Å². The summed E-state index contributed by atoms with van der Waals surface area (Å²) in [5, 5.41) is 9.77. The summed E-state index contributed by atoms with van der Waals surface area (Å²) < 4.78 is 0. The van der Waals surface area contributed by atoms with E-state index in [-0.39, 0.29) is 11.4 Å². The average Bonchev–Trinajstić information content (AvgIpc) is 2.90. The van der Waals surface area contributed by atoms with Crippen molar-refractivity contribution in [3.05, 3.63) is 21.7 Å². The summed E-state index contributed by atoms with van der Waals surface area (Å²) in [4.78, 5) is 18.9. The van der Waals surface area contributed by atoms with Crippen LogP contribution in [0.15, 0.2) is 4.79 Å². The summed E-state index contributed by atoms with van der Waals surface area (Å²) in [5.41, 5.74) is 0.231. The second kappa shape index (κ2) is 3.86. The normalized spacial score (nSPS) is 31.0. The first kappa shape index (κ1) is 10.8. The van der Waals surface area contributed by atoms with Crippen molar-refractivity contribution in [2.24, 2.45) is 11.8 Å². The predicted molar refractivity (Wildman–Crippen MR) is 64.1 cm³/mol. The minimum Gasteiger partial charge on any atom is -0.493 e. The van der Waals surface area contributed by atoms with Gasteiger partial charge in [0.15, 0.2) is 0 Å². The molecule has 3 rings (SSSR count). The van der Waals surface area contributed by atoms with Gasteiger partial charge in [0.25, 0.3) is 5.56 Å². The molecule has 0 radical (unpaired) electrons. The van der Waals surface area contributed by atoms with Gasteiger partial charge in [-0.1, -0.05) is 13.3 Å². The summed E-state index contributed by atoms with van der Waals surface area (Å²) in [6.07, 6.45) is 5.48. The molecule has 3 atom stereocenters. The predicted octanol–water partition coefficient (Wildman–Crippen LogP) is 1.94. The van der Waals surface area contributed by atoms with Gasteiger partial charge in [0.05, 0.1) is 5.56 Å². The van der Waals surface area contributed by atoms with Crippen LogP contribution in [0.2, 0.25) is 0 Å². The Balaban J connectivity index is 1.97. The molecule has 1 heterocycles. The molecule has 3 unspecified atom stereocenters. The van der Waals surface area contributed by atoms with Crippen LogP contribution in [-0.2, 0) is 6.42 Å². The minimum absolute atomic E-state index is 0.0750. The second-order valence-corrected chi connectivity index (χ2v) is 5.39. The zero-order valence-corrected chi connectivity index (χ0v) is 10.1. The number of rotatable bonds is 2. The highest BCUT2D eigenvalue weighted by atomic mass is 16.3. The average molecular weight is 234 g/mol. The van der Waals surface area contributed by atoms with Gasteiger partial charge in [0.1, 0.15) is 5.82 Å². The van der Waals surface area contributed by atoms with Gasteiger partial charge in [0.2, 0.25) is 5.88 Å². The Morgan fingerprint density at radius 3 is 2.76 bits per heavy atom. The number of hydrogen-bond donors (Lipinski definition) is 2. The van der Waals surface area contributed by atoms with Gasteiger partial charge >= 0.3 is 0 Å². The number of fused-ring (bicyclic) bond motifs is 2. The number of H-pyrrole nitrogens is 1. The van der Waals surface area contributed by atoms with Crippen LogP contribution >= 0.6 is 0 Å². The zero-order valence-electron chi connectivity index (χ0n) is 10.1. The number of aromatic amines is 1. The van der Waals surface area contributed by atoms with Crippen molar-refractivity contribution in [3.8, 4) is 5.88 Å². The monoisotopic (exact) mass is 234 g/mol. The van der Waals surface area contributed by atoms with Gasteiger partial charge in [-0.15, -0.1) is 0 Å². The van der Waals surface area contributed by atoms with Crippen LogP contribution in [0.25, 0.3) is 0 Å². The topological polar surface area (TPSA) is 66.0 Å². The molecular formula is C13H18N2O2. The smallest absolute Gasteiger partial charge is 0.257 e. The Bertz CT molecular complexity index is 495. The van der Waals surface area contributed by atoms with Gasteiger partial charge in [-0.05, 0) is 37.5 Å². The Kier molecular flexibility index (Phi) is 2.45. The lowest BCUT2D eigenvalue weighted by atomic mass is 9.88. The maximum atomic E-state index is 11.8. The molecule has 0 saturated heterocycles. The number of hydrogen-bond acceptors (Lipinski definition) is 3. The Morgan fingerprint density at radius 1 is 1.41 bits per heavy atom. The van der Waals surface area contributed by atoms with E-state index < -0.39 is 0 Å². The molecule has 0 spiro atoms. The number of aromatic hydroxyl groups is 1. The highest BCUT2D eigenvalue weighted by Crippen LogP contribution is 2.52. The number of aromatic nitrogens is 2. The molecule has 2 aliphatic carbocycles. The van der Waals surface area contributed by atoms with Crippen molar-refractivity contribution < 1.29 is 5.11 Å². The Hall–Kier alpha value is -1.32. The molecule has 0 aliphatic heterocycles. The Labute approximate surface area is 100 Å². The molecule has 2 saturated carbocycles. The number of nitrogens with zero attached hydrogens (tertiary/aromatic N) is 1. The van der Waals surface area contributed by atoms with Crippen molar-refractivity contribution in [2.75, 3.05) is 0 Å². The lowest BCUT2D eigenvalue weighted by molar-refractivity contribution is 0.389. The first-order chi connectivity index (χ1) is 8.19. The van der Waals surface area contributed by atoms with E-state index >= 15 is 0 Å². The first-order valence-corrected chi connectivity index (χ1v) is 6.51. The van der Waals surface area contributed by atoms with E-state index in [2.05, 4.69) is 9.97 Å². The quantitative estimate of drug-likeness (QED) is 0.821. The fourth-order valence-electron chi connectivity index (χ4n) is 3.58.